The Balaban J connectivity index is 1.97. The van der Waals surface area contributed by atoms with Crippen molar-refractivity contribution in [1.29, 1.82) is 0 Å². The van der Waals surface area contributed by atoms with Crippen LogP contribution in [-0.2, 0) is 4.79 Å². The van der Waals surface area contributed by atoms with E-state index >= 15 is 0 Å². The number of nitrogens with one attached hydrogen (secondary N) is 1. The minimum Gasteiger partial charge on any atom is -0.457 e. The van der Waals surface area contributed by atoms with Gasteiger partial charge in [-0.1, -0.05) is 26.8 Å². The summed E-state index contributed by atoms with van der Waals surface area (Å²) >= 11 is 1.58. The molecule has 5 heteroatoms. The summed E-state index contributed by atoms with van der Waals surface area (Å²) in [6.45, 7) is 5.64. The van der Waals surface area contributed by atoms with Crippen molar-refractivity contribution in [2.75, 3.05) is 6.54 Å². The highest BCUT2D eigenvalue weighted by Crippen LogP contribution is 2.28. The first-order valence-corrected chi connectivity index (χ1v) is 7.36. The maximum Gasteiger partial charge on any atom is 0.225 e. The number of hydrogen-bond donors (Lipinski definition) is 2. The molecule has 0 fully saturated rings. The zero-order chi connectivity index (χ0) is 14.8. The first kappa shape index (κ1) is 14.8. The summed E-state index contributed by atoms with van der Waals surface area (Å²) in [6.07, 6.45) is -0.838. The summed E-state index contributed by atoms with van der Waals surface area (Å²) in [6, 6.07) is 7.47. The Morgan fingerprint density at radius 1 is 1.40 bits per heavy atom. The fraction of sp³-hybridized carbons (Fsp3) is 0.400. The van der Waals surface area contributed by atoms with Gasteiger partial charge in [0.2, 0.25) is 5.91 Å². The lowest BCUT2D eigenvalue weighted by atomic mass is 9.95. The molecule has 1 amide bonds. The average molecular weight is 293 g/mol. The lowest BCUT2D eigenvalue weighted by Crippen LogP contribution is -2.37. The van der Waals surface area contributed by atoms with E-state index in [2.05, 4.69) is 5.32 Å². The summed E-state index contributed by atoms with van der Waals surface area (Å²) in [4.78, 5) is 12.8. The first-order valence-electron chi connectivity index (χ1n) is 6.48. The molecule has 1 atom stereocenters. The van der Waals surface area contributed by atoms with Gasteiger partial charge in [-0.15, -0.1) is 11.3 Å². The van der Waals surface area contributed by atoms with E-state index in [1.807, 2.05) is 44.4 Å². The third kappa shape index (κ3) is 3.49. The predicted molar refractivity (Wildman–Crippen MR) is 79.4 cm³/mol. The number of carbonyl (C=O) groups excluding carboxylic acids is 1. The Morgan fingerprint density at radius 2 is 2.15 bits per heavy atom. The van der Waals surface area contributed by atoms with Gasteiger partial charge in [-0.3, -0.25) is 4.79 Å². The summed E-state index contributed by atoms with van der Waals surface area (Å²) in [5.41, 5.74) is -0.467. The monoisotopic (exact) mass is 293 g/mol. The van der Waals surface area contributed by atoms with E-state index in [1.54, 1.807) is 17.4 Å². The molecule has 0 aliphatic rings. The molecular formula is C15H19NO3S. The van der Waals surface area contributed by atoms with Crippen molar-refractivity contribution in [1.82, 2.24) is 5.32 Å². The molecule has 2 heterocycles. The molecule has 2 rings (SSSR count). The fourth-order valence-electron chi connectivity index (χ4n) is 1.64. The second-order valence-electron chi connectivity index (χ2n) is 5.66. The minimum absolute atomic E-state index is 0.0958. The largest absolute Gasteiger partial charge is 0.457 e. The zero-order valence-electron chi connectivity index (χ0n) is 11.8. The summed E-state index contributed by atoms with van der Waals surface area (Å²) in [5.74, 6) is 1.10. The molecule has 0 radical (unpaired) electrons. The van der Waals surface area contributed by atoms with Gasteiger partial charge in [-0.05, 0) is 23.6 Å². The van der Waals surface area contributed by atoms with E-state index in [0.717, 1.165) is 10.6 Å². The standard InChI is InChI=1S/C15H19NO3S/c1-15(2,3)14(18)16-9-10(17)11-6-7-12(19-11)13-5-4-8-20-13/h4-8,10,17H,9H2,1-3H3,(H,16,18). The Bertz CT molecular complexity index is 566. The number of carbonyl (C=O) groups is 1. The normalized spacial score (nSPS) is 13.2. The fourth-order valence-corrected chi connectivity index (χ4v) is 2.32. The van der Waals surface area contributed by atoms with Gasteiger partial charge < -0.3 is 14.8 Å². The number of rotatable bonds is 4. The van der Waals surface area contributed by atoms with Crippen LogP contribution in [0.1, 0.15) is 32.6 Å². The molecule has 0 aromatic carbocycles. The second kappa shape index (κ2) is 5.81. The van der Waals surface area contributed by atoms with Gasteiger partial charge >= 0.3 is 0 Å². The predicted octanol–water partition coefficient (Wildman–Crippen LogP) is 3.20. The molecule has 108 valence electrons. The average Bonchev–Trinajstić information content (AvgIpc) is 3.03. The van der Waals surface area contributed by atoms with Crippen LogP contribution >= 0.6 is 11.3 Å². The van der Waals surface area contributed by atoms with Crippen LogP contribution in [0, 0.1) is 5.41 Å². The van der Waals surface area contributed by atoms with E-state index in [-0.39, 0.29) is 12.5 Å². The van der Waals surface area contributed by atoms with Gasteiger partial charge in [0, 0.05) is 5.41 Å². The highest BCUT2D eigenvalue weighted by molar-refractivity contribution is 7.13. The van der Waals surface area contributed by atoms with Gasteiger partial charge in [0.1, 0.15) is 17.6 Å². The van der Waals surface area contributed by atoms with Crippen molar-refractivity contribution in [3.8, 4) is 10.6 Å². The number of furan rings is 1. The molecule has 0 spiro atoms. The topological polar surface area (TPSA) is 62.5 Å². The van der Waals surface area contributed by atoms with Gasteiger partial charge in [0.15, 0.2) is 0 Å². The third-order valence-electron chi connectivity index (χ3n) is 2.86. The number of aliphatic hydroxyl groups excluding tert-OH is 1. The second-order valence-corrected chi connectivity index (χ2v) is 6.60. The lowest BCUT2D eigenvalue weighted by Gasteiger charge is -2.18. The zero-order valence-corrected chi connectivity index (χ0v) is 12.7. The smallest absolute Gasteiger partial charge is 0.225 e. The first-order chi connectivity index (χ1) is 9.38. The number of thiophene rings is 1. The molecule has 2 aromatic heterocycles. The van der Waals surface area contributed by atoms with Gasteiger partial charge in [-0.2, -0.15) is 0 Å². The van der Waals surface area contributed by atoms with Crippen LogP contribution < -0.4 is 5.32 Å². The van der Waals surface area contributed by atoms with Crippen LogP contribution in [0.25, 0.3) is 10.6 Å². The molecule has 0 saturated heterocycles. The van der Waals surface area contributed by atoms with E-state index in [1.165, 1.54) is 0 Å². The van der Waals surface area contributed by atoms with E-state index < -0.39 is 11.5 Å². The van der Waals surface area contributed by atoms with Gasteiger partial charge in [0.25, 0.3) is 0 Å². The molecule has 0 aliphatic carbocycles. The Kier molecular flexibility index (Phi) is 4.30. The Hall–Kier alpha value is -1.59. The van der Waals surface area contributed by atoms with Crippen LogP contribution in [-0.4, -0.2) is 17.6 Å². The van der Waals surface area contributed by atoms with Gasteiger partial charge in [0.05, 0.1) is 11.4 Å². The molecule has 0 saturated carbocycles. The maximum atomic E-state index is 11.7. The van der Waals surface area contributed by atoms with Crippen molar-refractivity contribution < 1.29 is 14.3 Å². The highest BCUT2D eigenvalue weighted by Gasteiger charge is 2.22. The molecule has 1 unspecified atom stereocenters. The van der Waals surface area contributed by atoms with Crippen LogP contribution in [0.3, 0.4) is 0 Å². The highest BCUT2D eigenvalue weighted by atomic mass is 32.1. The van der Waals surface area contributed by atoms with Crippen LogP contribution in [0.2, 0.25) is 0 Å². The quantitative estimate of drug-likeness (QED) is 0.910. The summed E-state index contributed by atoms with van der Waals surface area (Å²) in [7, 11) is 0. The summed E-state index contributed by atoms with van der Waals surface area (Å²) in [5, 5.41) is 14.7. The van der Waals surface area contributed by atoms with Crippen molar-refractivity contribution in [3.05, 3.63) is 35.4 Å². The Labute approximate surface area is 122 Å². The van der Waals surface area contributed by atoms with Crippen molar-refractivity contribution >= 4 is 17.2 Å². The van der Waals surface area contributed by atoms with E-state index in [4.69, 9.17) is 4.42 Å². The molecule has 0 bridgehead atoms. The summed E-state index contributed by atoms with van der Waals surface area (Å²) < 4.78 is 5.62. The molecule has 4 nitrogen and oxygen atoms in total. The van der Waals surface area contributed by atoms with Crippen LogP contribution in [0.15, 0.2) is 34.1 Å². The minimum atomic E-state index is -0.838. The van der Waals surface area contributed by atoms with Crippen LogP contribution in [0.4, 0.5) is 0 Å². The third-order valence-corrected chi connectivity index (χ3v) is 3.74. The lowest BCUT2D eigenvalue weighted by molar-refractivity contribution is -0.129. The van der Waals surface area contributed by atoms with Gasteiger partial charge in [-0.25, -0.2) is 0 Å². The van der Waals surface area contributed by atoms with E-state index in [0.29, 0.717) is 5.76 Å². The number of amides is 1. The molecule has 2 N–H and O–H groups in total. The van der Waals surface area contributed by atoms with Crippen molar-refractivity contribution in [2.24, 2.45) is 5.41 Å². The Morgan fingerprint density at radius 3 is 2.75 bits per heavy atom. The number of hydrogen-bond acceptors (Lipinski definition) is 4. The number of aliphatic hydroxyl groups is 1. The van der Waals surface area contributed by atoms with Crippen LogP contribution in [0.5, 0.6) is 0 Å². The van der Waals surface area contributed by atoms with Crippen molar-refractivity contribution in [3.63, 3.8) is 0 Å². The molecule has 2 aromatic rings. The molecular weight excluding hydrogens is 274 g/mol. The maximum absolute atomic E-state index is 11.7. The molecule has 0 aliphatic heterocycles. The van der Waals surface area contributed by atoms with Crippen molar-refractivity contribution in [2.45, 2.75) is 26.9 Å². The SMILES string of the molecule is CC(C)(C)C(=O)NCC(O)c1ccc(-c2cccs2)o1. The van der Waals surface area contributed by atoms with E-state index in [9.17, 15) is 9.90 Å². The molecule has 20 heavy (non-hydrogen) atoms.